The molecule has 2 N–H and O–H groups in total. The van der Waals surface area contributed by atoms with E-state index in [2.05, 4.69) is 5.32 Å². The van der Waals surface area contributed by atoms with Gasteiger partial charge in [-0.2, -0.15) is 0 Å². The number of carboxylic acids is 1. The summed E-state index contributed by atoms with van der Waals surface area (Å²) in [6, 6.07) is 4.77. The molecule has 0 aliphatic rings. The summed E-state index contributed by atoms with van der Waals surface area (Å²) in [6.07, 6.45) is 0.283. The van der Waals surface area contributed by atoms with Crippen LogP contribution >= 0.6 is 0 Å². The molecule has 1 rings (SSSR count). The zero-order valence-corrected chi connectivity index (χ0v) is 9.44. The summed E-state index contributed by atoms with van der Waals surface area (Å²) in [5.41, 5.74) is 0.516. The van der Waals surface area contributed by atoms with Gasteiger partial charge >= 0.3 is 5.97 Å². The summed E-state index contributed by atoms with van der Waals surface area (Å²) in [4.78, 5) is 22.2. The lowest BCUT2D eigenvalue weighted by atomic mass is 10.1. The van der Waals surface area contributed by atoms with Crippen molar-refractivity contribution in [2.45, 2.75) is 25.8 Å². The number of rotatable bonds is 5. The fourth-order valence-corrected chi connectivity index (χ4v) is 1.42. The van der Waals surface area contributed by atoms with Gasteiger partial charge in [0.25, 0.3) is 0 Å². The smallest absolute Gasteiger partial charge is 0.326 e. The van der Waals surface area contributed by atoms with E-state index < -0.39 is 23.7 Å². The quantitative estimate of drug-likeness (QED) is 0.815. The molecule has 0 aliphatic heterocycles. The Morgan fingerprint density at radius 3 is 2.71 bits per heavy atom. The summed E-state index contributed by atoms with van der Waals surface area (Å²) in [6.45, 7) is 1.67. The Kier molecular flexibility index (Phi) is 4.63. The van der Waals surface area contributed by atoms with Crippen molar-refractivity contribution in [1.82, 2.24) is 5.32 Å². The molecule has 0 heterocycles. The molecule has 0 spiro atoms. The van der Waals surface area contributed by atoms with Gasteiger partial charge < -0.3 is 10.4 Å². The molecule has 0 saturated carbocycles. The molecule has 5 heteroatoms. The van der Waals surface area contributed by atoms with Crippen molar-refractivity contribution in [3.05, 3.63) is 35.6 Å². The van der Waals surface area contributed by atoms with Crippen molar-refractivity contribution < 1.29 is 19.1 Å². The largest absolute Gasteiger partial charge is 0.480 e. The van der Waals surface area contributed by atoms with Crippen molar-refractivity contribution in [2.24, 2.45) is 0 Å². The Hall–Kier alpha value is -1.91. The molecular formula is C12H14FNO3. The molecule has 0 saturated heterocycles. The van der Waals surface area contributed by atoms with Crippen molar-refractivity contribution in [2.75, 3.05) is 0 Å². The molecule has 0 aromatic heterocycles. The van der Waals surface area contributed by atoms with Gasteiger partial charge in [-0.15, -0.1) is 0 Å². The summed E-state index contributed by atoms with van der Waals surface area (Å²) in [5, 5.41) is 11.1. The van der Waals surface area contributed by atoms with Crippen LogP contribution in [0, 0.1) is 5.82 Å². The monoisotopic (exact) mass is 239 g/mol. The molecule has 0 aliphatic carbocycles. The average molecular weight is 239 g/mol. The first kappa shape index (κ1) is 13.2. The average Bonchev–Trinajstić information content (AvgIpc) is 2.25. The third-order valence-electron chi connectivity index (χ3n) is 2.30. The Morgan fingerprint density at radius 2 is 2.18 bits per heavy atom. The van der Waals surface area contributed by atoms with E-state index in [0.29, 0.717) is 12.0 Å². The number of carboxylic acid groups (broad SMARTS) is 1. The van der Waals surface area contributed by atoms with E-state index >= 15 is 0 Å². The summed E-state index contributed by atoms with van der Waals surface area (Å²) in [7, 11) is 0. The second-order valence-corrected chi connectivity index (χ2v) is 3.67. The van der Waals surface area contributed by atoms with Crippen LogP contribution in [0.2, 0.25) is 0 Å². The van der Waals surface area contributed by atoms with E-state index in [1.54, 1.807) is 13.0 Å². The van der Waals surface area contributed by atoms with Crippen molar-refractivity contribution in [1.29, 1.82) is 0 Å². The van der Waals surface area contributed by atoms with Crippen LogP contribution in [0.5, 0.6) is 0 Å². The maximum Gasteiger partial charge on any atom is 0.326 e. The lowest BCUT2D eigenvalue weighted by Gasteiger charge is -2.12. The van der Waals surface area contributed by atoms with E-state index in [9.17, 15) is 14.0 Å². The molecular weight excluding hydrogens is 225 g/mol. The number of aliphatic carboxylic acids is 1. The Balaban J connectivity index is 2.58. The Labute approximate surface area is 98.5 Å². The molecule has 4 nitrogen and oxygen atoms in total. The zero-order valence-electron chi connectivity index (χ0n) is 9.44. The maximum atomic E-state index is 12.8. The highest BCUT2D eigenvalue weighted by molar-refractivity contribution is 5.84. The predicted octanol–water partition coefficient (Wildman–Crippen LogP) is 1.35. The van der Waals surface area contributed by atoms with Gasteiger partial charge in [-0.05, 0) is 24.1 Å². The number of carbonyl (C=O) groups is 2. The Morgan fingerprint density at radius 1 is 1.47 bits per heavy atom. The molecule has 1 aromatic rings. The second-order valence-electron chi connectivity index (χ2n) is 3.67. The molecule has 0 bridgehead atoms. The SMILES string of the molecule is CC[C@H](NC(=O)Cc1cccc(F)c1)C(=O)O. The van der Waals surface area contributed by atoms with Crippen molar-refractivity contribution in [3.8, 4) is 0 Å². The summed E-state index contributed by atoms with van der Waals surface area (Å²) >= 11 is 0. The van der Waals surface area contributed by atoms with E-state index in [1.165, 1.54) is 18.2 Å². The third kappa shape index (κ3) is 4.22. The molecule has 1 amide bonds. The zero-order chi connectivity index (χ0) is 12.8. The van der Waals surface area contributed by atoms with Crippen molar-refractivity contribution >= 4 is 11.9 Å². The van der Waals surface area contributed by atoms with Crippen LogP contribution in [0.15, 0.2) is 24.3 Å². The standard InChI is InChI=1S/C12H14FNO3/c1-2-10(12(16)17)14-11(15)7-8-4-3-5-9(13)6-8/h3-6,10H,2,7H2,1H3,(H,14,15)(H,16,17)/t10-/m0/s1. The first-order valence-electron chi connectivity index (χ1n) is 5.29. The van der Waals surface area contributed by atoms with Gasteiger partial charge in [0, 0.05) is 0 Å². The lowest BCUT2D eigenvalue weighted by molar-refractivity contribution is -0.141. The van der Waals surface area contributed by atoms with Crippen LogP contribution in [-0.4, -0.2) is 23.0 Å². The molecule has 92 valence electrons. The van der Waals surface area contributed by atoms with Gasteiger partial charge in [0.2, 0.25) is 5.91 Å². The third-order valence-corrected chi connectivity index (χ3v) is 2.30. The van der Waals surface area contributed by atoms with Crippen LogP contribution in [0.4, 0.5) is 4.39 Å². The molecule has 0 unspecified atom stereocenters. The molecule has 1 aromatic carbocycles. The minimum Gasteiger partial charge on any atom is -0.480 e. The molecule has 0 fully saturated rings. The van der Waals surface area contributed by atoms with Crippen LogP contribution in [0.3, 0.4) is 0 Å². The highest BCUT2D eigenvalue weighted by Gasteiger charge is 2.17. The topological polar surface area (TPSA) is 66.4 Å². The van der Waals surface area contributed by atoms with Crippen LogP contribution < -0.4 is 5.32 Å². The normalized spacial score (nSPS) is 11.9. The van der Waals surface area contributed by atoms with E-state index in [1.807, 2.05) is 0 Å². The van der Waals surface area contributed by atoms with E-state index in [4.69, 9.17) is 5.11 Å². The van der Waals surface area contributed by atoms with Crippen molar-refractivity contribution in [3.63, 3.8) is 0 Å². The van der Waals surface area contributed by atoms with Crippen LogP contribution in [0.1, 0.15) is 18.9 Å². The van der Waals surface area contributed by atoms with E-state index in [0.717, 1.165) is 0 Å². The van der Waals surface area contributed by atoms with Gasteiger partial charge in [-0.25, -0.2) is 9.18 Å². The number of nitrogens with one attached hydrogen (secondary N) is 1. The van der Waals surface area contributed by atoms with Gasteiger partial charge in [0.15, 0.2) is 0 Å². The highest BCUT2D eigenvalue weighted by atomic mass is 19.1. The first-order chi connectivity index (χ1) is 8.02. The highest BCUT2D eigenvalue weighted by Crippen LogP contribution is 2.04. The van der Waals surface area contributed by atoms with Gasteiger partial charge in [0.05, 0.1) is 6.42 Å². The minimum atomic E-state index is -1.07. The summed E-state index contributed by atoms with van der Waals surface area (Å²) in [5.74, 6) is -1.91. The number of amides is 1. The number of halogens is 1. The fourth-order valence-electron chi connectivity index (χ4n) is 1.42. The minimum absolute atomic E-state index is 0.0263. The summed E-state index contributed by atoms with van der Waals surface area (Å²) < 4.78 is 12.8. The van der Waals surface area contributed by atoms with Crippen LogP contribution in [-0.2, 0) is 16.0 Å². The number of carbonyl (C=O) groups excluding carboxylic acids is 1. The number of hydrogen-bond donors (Lipinski definition) is 2. The molecule has 17 heavy (non-hydrogen) atoms. The Bertz CT molecular complexity index is 420. The first-order valence-corrected chi connectivity index (χ1v) is 5.29. The van der Waals surface area contributed by atoms with Gasteiger partial charge in [-0.3, -0.25) is 4.79 Å². The van der Waals surface area contributed by atoms with Crippen LogP contribution in [0.25, 0.3) is 0 Å². The number of benzene rings is 1. The maximum absolute atomic E-state index is 12.8. The molecule has 1 atom stereocenters. The van der Waals surface area contributed by atoms with Gasteiger partial charge in [-0.1, -0.05) is 19.1 Å². The fraction of sp³-hybridized carbons (Fsp3) is 0.333. The molecule has 0 radical (unpaired) electrons. The second kappa shape index (κ2) is 5.98. The van der Waals surface area contributed by atoms with E-state index in [-0.39, 0.29) is 6.42 Å². The lowest BCUT2D eigenvalue weighted by Crippen LogP contribution is -2.40. The van der Waals surface area contributed by atoms with Gasteiger partial charge in [0.1, 0.15) is 11.9 Å². The number of hydrogen-bond acceptors (Lipinski definition) is 2. The predicted molar refractivity (Wildman–Crippen MR) is 60.0 cm³/mol.